The van der Waals surface area contributed by atoms with Crippen molar-refractivity contribution in [3.8, 4) is 0 Å². The van der Waals surface area contributed by atoms with E-state index >= 15 is 0 Å². The Morgan fingerprint density at radius 3 is 2.70 bits per heavy atom. The number of nitrogens with one attached hydrogen (secondary N) is 1. The van der Waals surface area contributed by atoms with E-state index in [9.17, 15) is 4.79 Å². The van der Waals surface area contributed by atoms with E-state index in [-0.39, 0.29) is 11.3 Å². The normalized spacial score (nSPS) is 13.2. The van der Waals surface area contributed by atoms with Crippen LogP contribution in [0.5, 0.6) is 0 Å². The molecule has 120 valence electrons. The molecule has 0 saturated carbocycles. The zero-order chi connectivity index (χ0) is 17.0. The minimum atomic E-state index is -0.302. The Balaban J connectivity index is 2.22. The van der Waals surface area contributed by atoms with E-state index in [1.54, 1.807) is 31.5 Å². The third kappa shape index (κ3) is 4.12. The Kier molecular flexibility index (Phi) is 4.74. The molecular formula is C17H21N5O. The molecule has 2 aromatic rings. The molecule has 0 unspecified atom stereocenters. The molecule has 0 aliphatic carbocycles. The Labute approximate surface area is 135 Å². The van der Waals surface area contributed by atoms with Gasteiger partial charge in [-0.15, -0.1) is 0 Å². The van der Waals surface area contributed by atoms with Crippen LogP contribution >= 0.6 is 0 Å². The molecule has 0 spiro atoms. The van der Waals surface area contributed by atoms with Gasteiger partial charge in [0.2, 0.25) is 0 Å². The quantitative estimate of drug-likeness (QED) is 0.657. The summed E-state index contributed by atoms with van der Waals surface area (Å²) in [7, 11) is 1.60. The summed E-state index contributed by atoms with van der Waals surface area (Å²) in [6, 6.07) is 5.34. The van der Waals surface area contributed by atoms with E-state index in [1.807, 2.05) is 26.8 Å². The maximum atomic E-state index is 12.4. The zero-order valence-corrected chi connectivity index (χ0v) is 13.8. The first-order valence-electron chi connectivity index (χ1n) is 7.28. The summed E-state index contributed by atoms with van der Waals surface area (Å²) in [5.74, 6) is 0.104. The predicted molar refractivity (Wildman–Crippen MR) is 92.1 cm³/mol. The number of aromatic nitrogens is 2. The monoisotopic (exact) mass is 311 g/mol. The summed E-state index contributed by atoms with van der Waals surface area (Å²) in [6.45, 7) is 5.98. The van der Waals surface area contributed by atoms with Gasteiger partial charge in [-0.05, 0) is 24.3 Å². The van der Waals surface area contributed by atoms with Gasteiger partial charge in [0.15, 0.2) is 0 Å². The summed E-state index contributed by atoms with van der Waals surface area (Å²) in [5, 5.41) is 2.74. The summed E-state index contributed by atoms with van der Waals surface area (Å²) in [6.07, 6.45) is 4.85. The van der Waals surface area contributed by atoms with Crippen LogP contribution in [-0.2, 0) is 0 Å². The number of allylic oxidation sites excluding steroid dienone is 1. The standard InChI is InChI=1S/C17H21N5O/c1-17(2,3)14(18)9-15(19-4)22-16(23)11-8-13-12(21-10-11)6-5-7-20-13/h5-10H,18H2,1-4H3,(H,19,22,23). The van der Waals surface area contributed by atoms with Crippen LogP contribution in [-0.4, -0.2) is 28.8 Å². The van der Waals surface area contributed by atoms with E-state index in [0.717, 1.165) is 5.52 Å². The van der Waals surface area contributed by atoms with Gasteiger partial charge in [0.1, 0.15) is 5.84 Å². The van der Waals surface area contributed by atoms with Gasteiger partial charge in [-0.25, -0.2) is 0 Å². The topological polar surface area (TPSA) is 93.3 Å². The lowest BCUT2D eigenvalue weighted by molar-refractivity contribution is 0.0977. The lowest BCUT2D eigenvalue weighted by atomic mass is 9.92. The molecule has 3 N–H and O–H groups in total. The predicted octanol–water partition coefficient (Wildman–Crippen LogP) is 2.28. The number of fused-ring (bicyclic) bond motifs is 1. The van der Waals surface area contributed by atoms with E-state index in [1.165, 1.54) is 6.20 Å². The Bertz CT molecular complexity index is 787. The number of rotatable bonds is 2. The van der Waals surface area contributed by atoms with Gasteiger partial charge < -0.3 is 11.1 Å². The molecule has 6 heteroatoms. The van der Waals surface area contributed by atoms with Crippen molar-refractivity contribution in [2.45, 2.75) is 20.8 Å². The lowest BCUT2D eigenvalue weighted by Crippen LogP contribution is -2.31. The number of nitrogens with two attached hydrogens (primary N) is 1. The van der Waals surface area contributed by atoms with E-state index in [0.29, 0.717) is 22.6 Å². The number of nitrogens with zero attached hydrogens (tertiary/aromatic N) is 3. The highest BCUT2D eigenvalue weighted by atomic mass is 16.1. The Morgan fingerprint density at radius 1 is 1.30 bits per heavy atom. The highest BCUT2D eigenvalue weighted by molar-refractivity contribution is 6.10. The molecule has 0 aromatic carbocycles. The van der Waals surface area contributed by atoms with Crippen LogP contribution < -0.4 is 11.1 Å². The number of hydrogen-bond donors (Lipinski definition) is 2. The van der Waals surface area contributed by atoms with Crippen molar-refractivity contribution in [1.29, 1.82) is 0 Å². The van der Waals surface area contributed by atoms with Crippen LogP contribution in [0.1, 0.15) is 31.1 Å². The summed E-state index contributed by atoms with van der Waals surface area (Å²) in [4.78, 5) is 24.9. The molecule has 2 rings (SSSR count). The molecular weight excluding hydrogens is 290 g/mol. The van der Waals surface area contributed by atoms with Crippen molar-refractivity contribution in [2.24, 2.45) is 16.1 Å². The Morgan fingerprint density at radius 2 is 2.04 bits per heavy atom. The van der Waals surface area contributed by atoms with Gasteiger partial charge in [-0.2, -0.15) is 0 Å². The molecule has 0 aliphatic heterocycles. The van der Waals surface area contributed by atoms with Crippen molar-refractivity contribution in [2.75, 3.05) is 7.05 Å². The van der Waals surface area contributed by atoms with Gasteiger partial charge in [-0.3, -0.25) is 19.8 Å². The second-order valence-corrected chi connectivity index (χ2v) is 6.18. The molecule has 2 heterocycles. The SMILES string of the molecule is CN=C(C=C(N)C(C)(C)C)NC(=O)c1cnc2cccnc2c1. The van der Waals surface area contributed by atoms with Gasteiger partial charge in [0, 0.05) is 30.6 Å². The number of carbonyl (C=O) groups excluding carboxylic acids is 1. The molecule has 0 fully saturated rings. The first-order chi connectivity index (χ1) is 10.8. The number of amidine groups is 1. The number of pyridine rings is 2. The number of amides is 1. The fourth-order valence-corrected chi connectivity index (χ4v) is 1.79. The zero-order valence-electron chi connectivity index (χ0n) is 13.8. The molecule has 1 amide bonds. The molecule has 23 heavy (non-hydrogen) atoms. The molecule has 2 aromatic heterocycles. The third-order valence-corrected chi connectivity index (χ3v) is 3.35. The molecule has 0 atom stereocenters. The highest BCUT2D eigenvalue weighted by Crippen LogP contribution is 2.20. The van der Waals surface area contributed by atoms with Crippen molar-refractivity contribution in [3.05, 3.63) is 47.9 Å². The fraction of sp³-hybridized carbons (Fsp3) is 0.294. The summed E-state index contributed by atoms with van der Waals surface area (Å²) in [5.41, 5.74) is 8.28. The first-order valence-corrected chi connectivity index (χ1v) is 7.28. The number of aliphatic imine (C=N–C) groups is 1. The van der Waals surface area contributed by atoms with Crippen molar-refractivity contribution in [1.82, 2.24) is 15.3 Å². The van der Waals surface area contributed by atoms with Crippen LogP contribution in [0.3, 0.4) is 0 Å². The van der Waals surface area contributed by atoms with Crippen molar-refractivity contribution in [3.63, 3.8) is 0 Å². The second kappa shape index (κ2) is 6.56. The maximum absolute atomic E-state index is 12.4. The van der Waals surface area contributed by atoms with Gasteiger partial charge in [0.05, 0.1) is 16.6 Å². The summed E-state index contributed by atoms with van der Waals surface area (Å²) < 4.78 is 0. The Hall–Kier alpha value is -2.76. The fourth-order valence-electron chi connectivity index (χ4n) is 1.79. The van der Waals surface area contributed by atoms with Gasteiger partial charge in [0.25, 0.3) is 5.91 Å². The van der Waals surface area contributed by atoms with Crippen LogP contribution in [0.2, 0.25) is 0 Å². The first kappa shape index (κ1) is 16.6. The molecule has 0 aliphatic rings. The minimum Gasteiger partial charge on any atom is -0.401 e. The summed E-state index contributed by atoms with van der Waals surface area (Å²) >= 11 is 0. The second-order valence-electron chi connectivity index (χ2n) is 6.18. The van der Waals surface area contributed by atoms with E-state index in [2.05, 4.69) is 20.3 Å². The minimum absolute atomic E-state index is 0.199. The van der Waals surface area contributed by atoms with E-state index in [4.69, 9.17) is 5.73 Å². The van der Waals surface area contributed by atoms with Crippen molar-refractivity contribution >= 4 is 22.8 Å². The van der Waals surface area contributed by atoms with Gasteiger partial charge >= 0.3 is 0 Å². The highest BCUT2D eigenvalue weighted by Gasteiger charge is 2.15. The van der Waals surface area contributed by atoms with Crippen LogP contribution in [0, 0.1) is 5.41 Å². The largest absolute Gasteiger partial charge is 0.401 e. The number of carbonyl (C=O) groups is 1. The molecule has 0 radical (unpaired) electrons. The van der Waals surface area contributed by atoms with Crippen molar-refractivity contribution < 1.29 is 4.79 Å². The lowest BCUT2D eigenvalue weighted by Gasteiger charge is -2.19. The van der Waals surface area contributed by atoms with Crippen LogP contribution in [0.15, 0.2) is 47.4 Å². The molecule has 0 saturated heterocycles. The maximum Gasteiger partial charge on any atom is 0.258 e. The van der Waals surface area contributed by atoms with Gasteiger partial charge in [-0.1, -0.05) is 20.8 Å². The van der Waals surface area contributed by atoms with Crippen LogP contribution in [0.25, 0.3) is 11.0 Å². The number of hydrogen-bond acceptors (Lipinski definition) is 5. The average Bonchev–Trinajstić information content (AvgIpc) is 2.52. The smallest absolute Gasteiger partial charge is 0.258 e. The molecule has 0 bridgehead atoms. The molecule has 6 nitrogen and oxygen atoms in total. The average molecular weight is 311 g/mol. The van der Waals surface area contributed by atoms with Crippen LogP contribution in [0.4, 0.5) is 0 Å². The van der Waals surface area contributed by atoms with E-state index < -0.39 is 0 Å². The third-order valence-electron chi connectivity index (χ3n) is 3.35.